The zero-order valence-corrected chi connectivity index (χ0v) is 11.1. The molecule has 0 spiro atoms. The Kier molecular flexibility index (Phi) is 4.86. The summed E-state index contributed by atoms with van der Waals surface area (Å²) in [5, 5.41) is 4.18. The minimum atomic E-state index is -1.14. The summed E-state index contributed by atoms with van der Waals surface area (Å²) in [7, 11) is 0.720. The SMILES string of the molecule is CCCC(C)[S@@](=O)/N=C(\C)c1cnn(C)c1. The highest BCUT2D eigenvalue weighted by Crippen LogP contribution is 2.08. The summed E-state index contributed by atoms with van der Waals surface area (Å²) < 4.78 is 17.7. The first-order valence-corrected chi connectivity index (χ1v) is 6.66. The number of rotatable bonds is 5. The molecular formula is C11H19N3OS. The Labute approximate surface area is 99.4 Å². The van der Waals surface area contributed by atoms with Crippen LogP contribution in [0.25, 0.3) is 0 Å². The molecule has 16 heavy (non-hydrogen) atoms. The van der Waals surface area contributed by atoms with Crippen molar-refractivity contribution < 1.29 is 4.21 Å². The van der Waals surface area contributed by atoms with Gasteiger partial charge >= 0.3 is 0 Å². The second-order valence-corrected chi connectivity index (χ2v) is 5.49. The molecular weight excluding hydrogens is 222 g/mol. The van der Waals surface area contributed by atoms with E-state index in [9.17, 15) is 4.21 Å². The molecule has 2 atom stereocenters. The number of aromatic nitrogens is 2. The Morgan fingerprint density at radius 3 is 2.88 bits per heavy atom. The van der Waals surface area contributed by atoms with Crippen molar-refractivity contribution >= 4 is 16.7 Å². The summed E-state index contributed by atoms with van der Waals surface area (Å²) in [6.45, 7) is 5.93. The summed E-state index contributed by atoms with van der Waals surface area (Å²) in [6, 6.07) is 0. The van der Waals surface area contributed by atoms with E-state index < -0.39 is 11.0 Å². The molecule has 1 unspecified atom stereocenters. The van der Waals surface area contributed by atoms with Crippen molar-refractivity contribution in [2.45, 2.75) is 38.9 Å². The van der Waals surface area contributed by atoms with Crippen LogP contribution in [0, 0.1) is 0 Å². The zero-order chi connectivity index (χ0) is 12.1. The summed E-state index contributed by atoms with van der Waals surface area (Å²) in [5.74, 6) is 0. The fourth-order valence-corrected chi connectivity index (χ4v) is 2.39. The molecule has 1 aromatic rings. The maximum Gasteiger partial charge on any atom is 0.142 e. The molecule has 0 bridgehead atoms. The largest absolute Gasteiger partial charge is 0.275 e. The predicted octanol–water partition coefficient (Wildman–Crippen LogP) is 2.08. The van der Waals surface area contributed by atoms with Crippen molar-refractivity contribution in [3.05, 3.63) is 18.0 Å². The van der Waals surface area contributed by atoms with Gasteiger partial charge in [0.1, 0.15) is 11.0 Å². The number of hydrogen-bond acceptors (Lipinski definition) is 2. The molecule has 0 aromatic carbocycles. The maximum absolute atomic E-state index is 11.8. The molecule has 1 heterocycles. The molecule has 0 radical (unpaired) electrons. The van der Waals surface area contributed by atoms with Crippen molar-refractivity contribution in [1.29, 1.82) is 0 Å². The molecule has 0 saturated carbocycles. The lowest BCUT2D eigenvalue weighted by atomic mass is 10.2. The van der Waals surface area contributed by atoms with Crippen LogP contribution < -0.4 is 0 Å². The monoisotopic (exact) mass is 241 g/mol. The molecule has 0 N–H and O–H groups in total. The van der Waals surface area contributed by atoms with Gasteiger partial charge in [-0.2, -0.15) is 9.50 Å². The third kappa shape index (κ3) is 3.56. The molecule has 0 aliphatic heterocycles. The van der Waals surface area contributed by atoms with Gasteiger partial charge in [0.25, 0.3) is 0 Å². The predicted molar refractivity (Wildman–Crippen MR) is 67.9 cm³/mol. The minimum absolute atomic E-state index is 0.122. The van der Waals surface area contributed by atoms with E-state index in [-0.39, 0.29) is 5.25 Å². The van der Waals surface area contributed by atoms with Gasteiger partial charge in [0, 0.05) is 18.8 Å². The highest BCUT2D eigenvalue weighted by atomic mass is 32.2. The van der Waals surface area contributed by atoms with Crippen LogP contribution in [0.5, 0.6) is 0 Å². The van der Waals surface area contributed by atoms with Crippen molar-refractivity contribution in [2.75, 3.05) is 0 Å². The fraction of sp³-hybridized carbons (Fsp3) is 0.636. The van der Waals surface area contributed by atoms with E-state index >= 15 is 0 Å². The van der Waals surface area contributed by atoms with Crippen molar-refractivity contribution in [1.82, 2.24) is 9.78 Å². The molecule has 0 saturated heterocycles. The molecule has 90 valence electrons. The summed E-state index contributed by atoms with van der Waals surface area (Å²) in [4.78, 5) is 0. The van der Waals surface area contributed by atoms with Crippen LogP contribution in [0.2, 0.25) is 0 Å². The van der Waals surface area contributed by atoms with Gasteiger partial charge in [-0.3, -0.25) is 4.68 Å². The van der Waals surface area contributed by atoms with Gasteiger partial charge < -0.3 is 0 Å². The van der Waals surface area contributed by atoms with Gasteiger partial charge in [0.2, 0.25) is 0 Å². The van der Waals surface area contributed by atoms with Gasteiger partial charge in [-0.25, -0.2) is 4.21 Å². The van der Waals surface area contributed by atoms with E-state index in [0.29, 0.717) is 0 Å². The molecule has 0 fully saturated rings. The van der Waals surface area contributed by atoms with Crippen molar-refractivity contribution in [3.8, 4) is 0 Å². The first-order valence-electron chi connectivity index (χ1n) is 5.49. The Morgan fingerprint density at radius 2 is 2.38 bits per heavy atom. The van der Waals surface area contributed by atoms with E-state index in [1.807, 2.05) is 27.1 Å². The molecule has 1 aromatic heterocycles. The molecule has 0 aliphatic carbocycles. The Morgan fingerprint density at radius 1 is 1.69 bits per heavy atom. The van der Waals surface area contributed by atoms with Crippen LogP contribution in [0.15, 0.2) is 16.8 Å². The van der Waals surface area contributed by atoms with Gasteiger partial charge in [-0.05, 0) is 20.3 Å². The molecule has 5 heteroatoms. The molecule has 0 amide bonds. The number of aryl methyl sites for hydroxylation is 1. The van der Waals surface area contributed by atoms with Crippen molar-refractivity contribution in [3.63, 3.8) is 0 Å². The standard InChI is InChI=1S/C11H19N3OS/c1-5-6-9(2)16(15)13-10(3)11-7-12-14(4)8-11/h7-9H,5-6H2,1-4H3/b13-10+/t9?,16-/m1/s1. The van der Waals surface area contributed by atoms with Gasteiger partial charge in [-0.15, -0.1) is 0 Å². The zero-order valence-electron chi connectivity index (χ0n) is 10.3. The summed E-state index contributed by atoms with van der Waals surface area (Å²) in [5.41, 5.74) is 1.72. The highest BCUT2D eigenvalue weighted by Gasteiger charge is 2.10. The van der Waals surface area contributed by atoms with Crippen LogP contribution in [-0.4, -0.2) is 25.0 Å². The normalized spacial score (nSPS) is 16.1. The van der Waals surface area contributed by atoms with Gasteiger partial charge in [-0.1, -0.05) is 13.3 Å². The van der Waals surface area contributed by atoms with Crippen LogP contribution in [0.1, 0.15) is 39.2 Å². The molecule has 0 aliphatic rings. The van der Waals surface area contributed by atoms with Crippen LogP contribution in [0.4, 0.5) is 0 Å². The van der Waals surface area contributed by atoms with Crippen LogP contribution in [-0.2, 0) is 18.0 Å². The highest BCUT2D eigenvalue weighted by molar-refractivity contribution is 7.84. The van der Waals surface area contributed by atoms with Crippen LogP contribution >= 0.6 is 0 Å². The smallest absolute Gasteiger partial charge is 0.142 e. The lowest BCUT2D eigenvalue weighted by Crippen LogP contribution is -2.09. The van der Waals surface area contributed by atoms with Crippen molar-refractivity contribution in [2.24, 2.45) is 11.4 Å². The molecule has 4 nitrogen and oxygen atoms in total. The maximum atomic E-state index is 11.8. The third-order valence-corrected chi connectivity index (χ3v) is 3.77. The average molecular weight is 241 g/mol. The summed E-state index contributed by atoms with van der Waals surface area (Å²) in [6.07, 6.45) is 5.59. The van der Waals surface area contributed by atoms with E-state index in [4.69, 9.17) is 0 Å². The topological polar surface area (TPSA) is 47.2 Å². The quantitative estimate of drug-likeness (QED) is 0.741. The molecule has 1 rings (SSSR count). The van der Waals surface area contributed by atoms with E-state index in [0.717, 1.165) is 24.1 Å². The Bertz CT molecular complexity index is 398. The van der Waals surface area contributed by atoms with Crippen LogP contribution in [0.3, 0.4) is 0 Å². The average Bonchev–Trinajstić information content (AvgIpc) is 2.65. The number of nitrogens with zero attached hydrogens (tertiary/aromatic N) is 3. The van der Waals surface area contributed by atoms with E-state index in [1.54, 1.807) is 10.9 Å². The fourth-order valence-electron chi connectivity index (χ4n) is 1.39. The minimum Gasteiger partial charge on any atom is -0.275 e. The Hall–Kier alpha value is -0.970. The van der Waals surface area contributed by atoms with Gasteiger partial charge in [0.15, 0.2) is 0 Å². The second kappa shape index (κ2) is 5.94. The van der Waals surface area contributed by atoms with E-state index in [2.05, 4.69) is 16.4 Å². The Balaban J connectivity index is 2.73. The van der Waals surface area contributed by atoms with E-state index in [1.165, 1.54) is 0 Å². The second-order valence-electron chi connectivity index (χ2n) is 3.95. The number of hydrogen-bond donors (Lipinski definition) is 0. The third-order valence-electron chi connectivity index (χ3n) is 2.39. The lowest BCUT2D eigenvalue weighted by molar-refractivity contribution is 0.664. The first-order chi connectivity index (χ1) is 7.54. The summed E-state index contributed by atoms with van der Waals surface area (Å²) >= 11 is 0. The van der Waals surface area contributed by atoms with Gasteiger partial charge in [0.05, 0.1) is 17.2 Å². The first kappa shape index (κ1) is 13.1. The lowest BCUT2D eigenvalue weighted by Gasteiger charge is -2.05.